The van der Waals surface area contributed by atoms with Crippen LogP contribution in [0.3, 0.4) is 0 Å². The van der Waals surface area contributed by atoms with Crippen molar-refractivity contribution in [1.29, 1.82) is 0 Å². The number of nitrogens with one attached hydrogen (secondary N) is 1. The average molecular weight is 424 g/mol. The molecule has 2 aromatic carbocycles. The lowest BCUT2D eigenvalue weighted by atomic mass is 10.1. The number of rotatable bonds is 6. The van der Waals surface area contributed by atoms with Gasteiger partial charge < -0.3 is 14.6 Å². The van der Waals surface area contributed by atoms with Crippen molar-refractivity contribution in [3.63, 3.8) is 0 Å². The first-order chi connectivity index (χ1) is 14.9. The highest BCUT2D eigenvalue weighted by atomic mass is 19.1. The lowest BCUT2D eigenvalue weighted by Gasteiger charge is -2.10. The molecule has 10 heteroatoms. The second-order valence-electron chi connectivity index (χ2n) is 6.78. The summed E-state index contributed by atoms with van der Waals surface area (Å²) in [6.07, 6.45) is 5.18. The zero-order valence-corrected chi connectivity index (χ0v) is 16.7. The molecule has 0 aliphatic heterocycles. The highest BCUT2D eigenvalue weighted by molar-refractivity contribution is 5.90. The molecule has 31 heavy (non-hydrogen) atoms. The summed E-state index contributed by atoms with van der Waals surface area (Å²) in [6, 6.07) is 8.46. The van der Waals surface area contributed by atoms with Gasteiger partial charge in [-0.25, -0.2) is 18.4 Å². The molecular weight excluding hydrogens is 406 g/mol. The van der Waals surface area contributed by atoms with Crippen LogP contribution in [0.2, 0.25) is 0 Å². The van der Waals surface area contributed by atoms with Crippen molar-refractivity contribution >= 4 is 11.6 Å². The monoisotopic (exact) mass is 424 g/mol. The molecule has 0 radical (unpaired) electrons. The van der Waals surface area contributed by atoms with Crippen molar-refractivity contribution < 1.29 is 18.3 Å². The van der Waals surface area contributed by atoms with Gasteiger partial charge in [-0.1, -0.05) is 11.3 Å². The summed E-state index contributed by atoms with van der Waals surface area (Å²) in [5, 5.41) is 10.4. The molecule has 0 aliphatic carbocycles. The maximum Gasteiger partial charge on any atom is 0.246 e. The van der Waals surface area contributed by atoms with Crippen LogP contribution in [0.5, 0.6) is 5.75 Å². The highest BCUT2D eigenvalue weighted by Crippen LogP contribution is 2.29. The Hall–Kier alpha value is -4.08. The number of nitrogens with zero attached hydrogens (tertiary/aromatic N) is 5. The Kier molecular flexibility index (Phi) is 5.44. The van der Waals surface area contributed by atoms with Gasteiger partial charge in [0.1, 0.15) is 29.6 Å². The van der Waals surface area contributed by atoms with Crippen LogP contribution < -0.4 is 10.1 Å². The Morgan fingerprint density at radius 2 is 2.00 bits per heavy atom. The molecule has 0 spiro atoms. The van der Waals surface area contributed by atoms with Gasteiger partial charge in [0.15, 0.2) is 0 Å². The first-order valence-corrected chi connectivity index (χ1v) is 9.27. The zero-order chi connectivity index (χ0) is 22.0. The minimum Gasteiger partial charge on any atom is -0.495 e. The van der Waals surface area contributed by atoms with E-state index in [2.05, 4.69) is 20.6 Å². The topological polar surface area (TPSA) is 86.9 Å². The third-order valence-corrected chi connectivity index (χ3v) is 4.51. The number of carbonyl (C=O) groups is 1. The molecule has 0 aliphatic rings. The van der Waals surface area contributed by atoms with Gasteiger partial charge in [0, 0.05) is 17.8 Å². The van der Waals surface area contributed by atoms with Crippen molar-refractivity contribution in [1.82, 2.24) is 24.5 Å². The van der Waals surface area contributed by atoms with Crippen LogP contribution in [0.25, 0.3) is 16.9 Å². The van der Waals surface area contributed by atoms with Crippen LogP contribution in [0.4, 0.5) is 14.5 Å². The van der Waals surface area contributed by atoms with Crippen LogP contribution in [0, 0.1) is 18.6 Å². The minimum atomic E-state index is -0.854. The Balaban J connectivity index is 1.50. The van der Waals surface area contributed by atoms with Crippen molar-refractivity contribution in [3.8, 4) is 22.7 Å². The molecule has 4 rings (SSSR count). The van der Waals surface area contributed by atoms with E-state index in [1.165, 1.54) is 4.68 Å². The summed E-state index contributed by atoms with van der Waals surface area (Å²) < 4.78 is 35.4. The number of imidazole rings is 1. The molecular formula is C21H18F2N6O2. The van der Waals surface area contributed by atoms with E-state index in [-0.39, 0.29) is 12.2 Å². The first kappa shape index (κ1) is 20.2. The molecule has 1 amide bonds. The second-order valence-corrected chi connectivity index (χ2v) is 6.78. The van der Waals surface area contributed by atoms with Gasteiger partial charge in [0.25, 0.3) is 0 Å². The van der Waals surface area contributed by atoms with Crippen molar-refractivity contribution in [2.24, 2.45) is 0 Å². The number of hydrogen-bond acceptors (Lipinski definition) is 5. The molecule has 158 valence electrons. The van der Waals surface area contributed by atoms with Crippen LogP contribution in [0.15, 0.2) is 55.1 Å². The standard InChI is InChI=1S/C21H18F2N6O2/c1-13-9-28(12-24-13)19-6-3-14(7-20(19)31-2)18-10-29(27-26-18)11-21(30)25-17-5-4-15(22)8-16(17)23/h3-10,12H,11H2,1-2H3,(H,25,30). The number of carbonyl (C=O) groups excluding carboxylic acids is 1. The fourth-order valence-electron chi connectivity index (χ4n) is 3.04. The molecule has 0 saturated heterocycles. The van der Waals surface area contributed by atoms with E-state index in [0.29, 0.717) is 17.5 Å². The van der Waals surface area contributed by atoms with Crippen LogP contribution >= 0.6 is 0 Å². The maximum absolute atomic E-state index is 13.7. The van der Waals surface area contributed by atoms with Gasteiger partial charge in [-0.2, -0.15) is 0 Å². The molecule has 0 atom stereocenters. The lowest BCUT2D eigenvalue weighted by molar-refractivity contribution is -0.117. The Morgan fingerprint density at radius 1 is 1.16 bits per heavy atom. The smallest absolute Gasteiger partial charge is 0.246 e. The van der Waals surface area contributed by atoms with E-state index >= 15 is 0 Å². The van der Waals surface area contributed by atoms with E-state index in [4.69, 9.17) is 4.74 Å². The summed E-state index contributed by atoms with van der Waals surface area (Å²) >= 11 is 0. The summed E-state index contributed by atoms with van der Waals surface area (Å²) in [5.74, 6) is -1.48. The van der Waals surface area contributed by atoms with Gasteiger partial charge in [0.2, 0.25) is 5.91 Å². The highest BCUT2D eigenvalue weighted by Gasteiger charge is 2.13. The predicted molar refractivity (Wildman–Crippen MR) is 109 cm³/mol. The Morgan fingerprint density at radius 3 is 2.71 bits per heavy atom. The fraction of sp³-hybridized carbons (Fsp3) is 0.143. The van der Waals surface area contributed by atoms with Gasteiger partial charge in [0.05, 0.1) is 36.7 Å². The van der Waals surface area contributed by atoms with E-state index in [0.717, 1.165) is 29.1 Å². The Labute approximate surface area is 176 Å². The quantitative estimate of drug-likeness (QED) is 0.513. The average Bonchev–Trinajstić information content (AvgIpc) is 3.38. The predicted octanol–water partition coefficient (Wildman–Crippen LogP) is 3.36. The van der Waals surface area contributed by atoms with E-state index in [9.17, 15) is 13.6 Å². The molecule has 4 aromatic rings. The molecule has 0 fully saturated rings. The number of amides is 1. The number of anilines is 1. The summed E-state index contributed by atoms with van der Waals surface area (Å²) in [7, 11) is 1.57. The molecule has 1 N–H and O–H groups in total. The largest absolute Gasteiger partial charge is 0.495 e. The van der Waals surface area contributed by atoms with Gasteiger partial charge in [-0.15, -0.1) is 5.10 Å². The SMILES string of the molecule is COc1cc(-c2cn(CC(=O)Nc3ccc(F)cc3F)nn2)ccc1-n1cnc(C)c1. The number of aromatic nitrogens is 5. The number of benzene rings is 2. The Bertz CT molecular complexity index is 1250. The molecule has 0 bridgehead atoms. The number of hydrogen-bond donors (Lipinski definition) is 1. The van der Waals surface area contributed by atoms with Gasteiger partial charge in [-0.3, -0.25) is 4.79 Å². The molecule has 2 heterocycles. The summed E-state index contributed by atoms with van der Waals surface area (Å²) in [6.45, 7) is 1.71. The van der Waals surface area contributed by atoms with Crippen LogP contribution in [-0.4, -0.2) is 37.6 Å². The molecule has 0 saturated carbocycles. The third kappa shape index (κ3) is 4.42. The normalized spacial score (nSPS) is 10.8. The number of methoxy groups -OCH3 is 1. The second kappa shape index (κ2) is 8.34. The molecule has 2 aromatic heterocycles. The van der Waals surface area contributed by atoms with E-state index in [1.807, 2.05) is 35.9 Å². The van der Waals surface area contributed by atoms with E-state index < -0.39 is 17.5 Å². The van der Waals surface area contributed by atoms with Gasteiger partial charge in [-0.05, 0) is 31.2 Å². The lowest BCUT2D eigenvalue weighted by Crippen LogP contribution is -2.19. The fourth-order valence-corrected chi connectivity index (χ4v) is 3.04. The number of halogens is 2. The summed E-state index contributed by atoms with van der Waals surface area (Å²) in [4.78, 5) is 16.4. The number of ether oxygens (including phenoxy) is 1. The third-order valence-electron chi connectivity index (χ3n) is 4.51. The molecule has 8 nitrogen and oxygen atoms in total. The van der Waals surface area contributed by atoms with Crippen molar-refractivity contribution in [3.05, 3.63) is 72.4 Å². The zero-order valence-electron chi connectivity index (χ0n) is 16.7. The van der Waals surface area contributed by atoms with Crippen LogP contribution in [-0.2, 0) is 11.3 Å². The van der Waals surface area contributed by atoms with Crippen LogP contribution in [0.1, 0.15) is 5.69 Å². The van der Waals surface area contributed by atoms with Crippen molar-refractivity contribution in [2.75, 3.05) is 12.4 Å². The summed E-state index contributed by atoms with van der Waals surface area (Å²) in [5.41, 5.74) is 2.87. The number of aryl methyl sites for hydroxylation is 1. The van der Waals surface area contributed by atoms with E-state index in [1.54, 1.807) is 19.6 Å². The maximum atomic E-state index is 13.7. The minimum absolute atomic E-state index is 0.109. The van der Waals surface area contributed by atoms with Crippen molar-refractivity contribution in [2.45, 2.75) is 13.5 Å². The first-order valence-electron chi connectivity index (χ1n) is 9.27. The van der Waals surface area contributed by atoms with Gasteiger partial charge >= 0.3 is 0 Å². The molecule has 0 unspecified atom stereocenters.